The number of rotatable bonds is 3. The van der Waals surface area contributed by atoms with Gasteiger partial charge in [-0.2, -0.15) is 10.2 Å². The van der Waals surface area contributed by atoms with Gasteiger partial charge in [0.25, 0.3) is 5.56 Å². The zero-order valence-electron chi connectivity index (χ0n) is 16.0. The lowest BCUT2D eigenvalue weighted by molar-refractivity contribution is 0.0973. The van der Waals surface area contributed by atoms with E-state index in [1.165, 1.54) is 0 Å². The molecule has 146 valence electrons. The molecule has 1 aliphatic rings. The summed E-state index contributed by atoms with van der Waals surface area (Å²) in [5.41, 5.74) is 11.5. The Morgan fingerprint density at radius 1 is 1.17 bits per heavy atom. The summed E-state index contributed by atoms with van der Waals surface area (Å²) in [6.07, 6.45) is 5.99. The van der Waals surface area contributed by atoms with Crippen molar-refractivity contribution in [2.24, 2.45) is 12.8 Å². The summed E-state index contributed by atoms with van der Waals surface area (Å²) in [5, 5.41) is 12.3. The molecule has 0 unspecified atom stereocenters. The van der Waals surface area contributed by atoms with Crippen LogP contribution in [0.3, 0.4) is 0 Å². The Balaban J connectivity index is 1.74. The Morgan fingerprint density at radius 2 is 2.03 bits per heavy atom. The molecule has 1 aromatic carbocycles. The number of aromatic amines is 2. The van der Waals surface area contributed by atoms with Gasteiger partial charge in [-0.25, -0.2) is 5.10 Å². The average Bonchev–Trinajstić information content (AvgIpc) is 3.32. The number of nitrogens with one attached hydrogen (secondary N) is 2. The first-order valence-corrected chi connectivity index (χ1v) is 9.56. The van der Waals surface area contributed by atoms with Gasteiger partial charge in [0.05, 0.1) is 23.0 Å². The number of aromatic nitrogens is 5. The van der Waals surface area contributed by atoms with Crippen molar-refractivity contribution < 1.29 is 4.79 Å². The molecule has 0 radical (unpaired) electrons. The first kappa shape index (κ1) is 17.6. The molecule has 0 fully saturated rings. The molecular formula is C21H20N6O2. The predicted octanol–water partition coefficient (Wildman–Crippen LogP) is 2.30. The standard InChI is InChI=1S/C21H20N6O2/c1-27-20(15-9-23-16-3-2-4-18(28)19(15)16)14(10-24-27)11-5-6-12-13(7-11)17(8-22)25-26-21(12)29/h5-7,9-10,23H,2-4,8,22H2,1H3,(H,26,29). The van der Waals surface area contributed by atoms with Crippen LogP contribution in [0.25, 0.3) is 33.2 Å². The first-order valence-electron chi connectivity index (χ1n) is 9.56. The summed E-state index contributed by atoms with van der Waals surface area (Å²) in [4.78, 5) is 28.0. The van der Waals surface area contributed by atoms with Crippen LogP contribution in [0, 0.1) is 0 Å². The van der Waals surface area contributed by atoms with Crippen LogP contribution in [-0.4, -0.2) is 30.7 Å². The van der Waals surface area contributed by atoms with Crippen LogP contribution >= 0.6 is 0 Å². The number of carbonyl (C=O) groups excluding carboxylic acids is 1. The van der Waals surface area contributed by atoms with Crippen LogP contribution in [0.4, 0.5) is 0 Å². The Labute approximate surface area is 165 Å². The molecule has 0 aliphatic heterocycles. The topological polar surface area (TPSA) is 122 Å². The van der Waals surface area contributed by atoms with Gasteiger partial charge in [0.1, 0.15) is 0 Å². The van der Waals surface area contributed by atoms with Gasteiger partial charge in [-0.15, -0.1) is 0 Å². The second kappa shape index (κ2) is 6.52. The lowest BCUT2D eigenvalue weighted by Crippen LogP contribution is -2.13. The smallest absolute Gasteiger partial charge is 0.272 e. The lowest BCUT2D eigenvalue weighted by Gasteiger charge is -2.13. The number of ketones is 1. The summed E-state index contributed by atoms with van der Waals surface area (Å²) in [5.74, 6) is 0.161. The lowest BCUT2D eigenvalue weighted by atomic mass is 9.91. The molecule has 3 heterocycles. The Hall–Kier alpha value is -3.52. The number of nitrogens with zero attached hydrogens (tertiary/aromatic N) is 3. The van der Waals surface area contributed by atoms with Crippen molar-refractivity contribution in [1.29, 1.82) is 0 Å². The fourth-order valence-corrected chi connectivity index (χ4v) is 4.23. The van der Waals surface area contributed by atoms with Crippen molar-refractivity contribution in [2.75, 3.05) is 0 Å². The monoisotopic (exact) mass is 388 g/mol. The quantitative estimate of drug-likeness (QED) is 0.497. The van der Waals surface area contributed by atoms with E-state index in [0.29, 0.717) is 17.5 Å². The molecule has 8 nitrogen and oxygen atoms in total. The number of aryl methyl sites for hydroxylation is 2. The molecule has 0 bridgehead atoms. The van der Waals surface area contributed by atoms with E-state index >= 15 is 0 Å². The van der Waals surface area contributed by atoms with E-state index in [4.69, 9.17) is 5.73 Å². The van der Waals surface area contributed by atoms with Crippen molar-refractivity contribution in [3.05, 3.63) is 57.9 Å². The van der Waals surface area contributed by atoms with Crippen LogP contribution in [0.5, 0.6) is 0 Å². The van der Waals surface area contributed by atoms with Crippen LogP contribution in [-0.2, 0) is 20.0 Å². The minimum atomic E-state index is -0.250. The fraction of sp³-hybridized carbons (Fsp3) is 0.238. The number of carbonyl (C=O) groups is 1. The Morgan fingerprint density at radius 3 is 2.86 bits per heavy atom. The summed E-state index contributed by atoms with van der Waals surface area (Å²) in [6, 6.07) is 5.58. The highest BCUT2D eigenvalue weighted by Gasteiger charge is 2.26. The maximum atomic E-state index is 12.6. The maximum Gasteiger partial charge on any atom is 0.272 e. The van der Waals surface area contributed by atoms with Gasteiger partial charge in [-0.1, -0.05) is 6.07 Å². The molecular weight excluding hydrogens is 368 g/mol. The molecule has 1 aliphatic carbocycles. The summed E-state index contributed by atoms with van der Waals surface area (Å²) in [6.45, 7) is 0.219. The third-order valence-electron chi connectivity index (χ3n) is 5.64. The predicted molar refractivity (Wildman–Crippen MR) is 110 cm³/mol. The van der Waals surface area contributed by atoms with E-state index in [1.807, 2.05) is 25.4 Å². The normalized spacial score (nSPS) is 13.8. The molecule has 0 spiro atoms. The highest BCUT2D eigenvalue weighted by atomic mass is 16.1. The summed E-state index contributed by atoms with van der Waals surface area (Å²) in [7, 11) is 1.87. The molecule has 5 rings (SSSR count). The SMILES string of the molecule is Cn1ncc(-c2ccc3c(=O)[nH]nc(CN)c3c2)c1-c1c[nH]c2c1C(=O)CCC2. The molecule has 4 aromatic rings. The molecule has 4 N–H and O–H groups in total. The Bertz CT molecular complexity index is 1330. The number of hydrogen-bond donors (Lipinski definition) is 3. The van der Waals surface area contributed by atoms with Gasteiger partial charge < -0.3 is 10.7 Å². The zero-order valence-corrected chi connectivity index (χ0v) is 16.0. The summed E-state index contributed by atoms with van der Waals surface area (Å²) >= 11 is 0. The largest absolute Gasteiger partial charge is 0.364 e. The molecule has 0 amide bonds. The molecule has 0 atom stereocenters. The first-order chi connectivity index (χ1) is 14.1. The maximum absolute atomic E-state index is 12.6. The molecule has 0 saturated heterocycles. The number of hydrogen-bond acceptors (Lipinski definition) is 5. The van der Waals surface area contributed by atoms with E-state index in [2.05, 4.69) is 20.3 Å². The van der Waals surface area contributed by atoms with Crippen molar-refractivity contribution in [3.8, 4) is 22.4 Å². The second-order valence-electron chi connectivity index (χ2n) is 7.33. The number of fused-ring (bicyclic) bond motifs is 2. The minimum Gasteiger partial charge on any atom is -0.364 e. The average molecular weight is 388 g/mol. The number of benzene rings is 1. The van der Waals surface area contributed by atoms with Gasteiger partial charge in [-0.05, 0) is 30.5 Å². The third-order valence-corrected chi connectivity index (χ3v) is 5.64. The van der Waals surface area contributed by atoms with Crippen molar-refractivity contribution in [1.82, 2.24) is 25.0 Å². The van der Waals surface area contributed by atoms with E-state index in [9.17, 15) is 9.59 Å². The van der Waals surface area contributed by atoms with Crippen LogP contribution in [0.1, 0.15) is 34.6 Å². The second-order valence-corrected chi connectivity index (χ2v) is 7.33. The highest BCUT2D eigenvalue weighted by Crippen LogP contribution is 2.37. The van der Waals surface area contributed by atoms with Crippen molar-refractivity contribution in [2.45, 2.75) is 25.8 Å². The third kappa shape index (κ3) is 2.64. The number of Topliss-reactive ketones (excluding diaryl/α,β-unsaturated/α-hetero) is 1. The van der Waals surface area contributed by atoms with Gasteiger partial charge in [-0.3, -0.25) is 14.3 Å². The molecule has 3 aromatic heterocycles. The van der Waals surface area contributed by atoms with Gasteiger partial charge in [0, 0.05) is 54.0 Å². The zero-order chi connectivity index (χ0) is 20.1. The van der Waals surface area contributed by atoms with E-state index in [-0.39, 0.29) is 17.9 Å². The molecule has 8 heteroatoms. The van der Waals surface area contributed by atoms with Crippen LogP contribution in [0.15, 0.2) is 35.4 Å². The van der Waals surface area contributed by atoms with Gasteiger partial charge in [0.2, 0.25) is 0 Å². The van der Waals surface area contributed by atoms with E-state index < -0.39 is 0 Å². The highest BCUT2D eigenvalue weighted by molar-refractivity contribution is 6.05. The van der Waals surface area contributed by atoms with Gasteiger partial charge >= 0.3 is 0 Å². The molecule has 0 saturated carbocycles. The molecule has 29 heavy (non-hydrogen) atoms. The van der Waals surface area contributed by atoms with E-state index in [1.54, 1.807) is 16.9 Å². The number of H-pyrrole nitrogens is 2. The fourth-order valence-electron chi connectivity index (χ4n) is 4.23. The van der Waals surface area contributed by atoms with Gasteiger partial charge in [0.15, 0.2) is 5.78 Å². The van der Waals surface area contributed by atoms with Crippen LogP contribution in [0.2, 0.25) is 0 Å². The van der Waals surface area contributed by atoms with Crippen molar-refractivity contribution >= 4 is 16.6 Å². The van der Waals surface area contributed by atoms with Crippen molar-refractivity contribution in [3.63, 3.8) is 0 Å². The minimum absolute atomic E-state index is 0.161. The summed E-state index contributed by atoms with van der Waals surface area (Å²) < 4.78 is 1.78. The van der Waals surface area contributed by atoms with E-state index in [0.717, 1.165) is 51.9 Å². The Kier molecular flexibility index (Phi) is 3.95. The van der Waals surface area contributed by atoms with Crippen LogP contribution < -0.4 is 11.3 Å². The number of nitrogens with two attached hydrogens (primary N) is 1.